The molecular formula is C20H24FN3O. The maximum atomic E-state index is 13.8. The summed E-state index contributed by atoms with van der Waals surface area (Å²) in [4.78, 5) is 16.0. The highest BCUT2D eigenvalue weighted by Gasteiger charge is 2.22. The van der Waals surface area contributed by atoms with Crippen molar-refractivity contribution in [3.63, 3.8) is 0 Å². The number of nitrogens with zero attached hydrogens (tertiary/aromatic N) is 2. The molecule has 1 aliphatic heterocycles. The first-order valence-electron chi connectivity index (χ1n) is 8.80. The summed E-state index contributed by atoms with van der Waals surface area (Å²) in [5.74, 6) is -0.207. The second-order valence-corrected chi connectivity index (χ2v) is 6.25. The SMILES string of the molecule is O=C(NCCCc1ccccc1)N1CCN(c2ccccc2F)CC1. The molecule has 132 valence electrons. The quantitative estimate of drug-likeness (QED) is 0.847. The van der Waals surface area contributed by atoms with Gasteiger partial charge in [-0.25, -0.2) is 9.18 Å². The number of halogens is 1. The van der Waals surface area contributed by atoms with Crippen molar-refractivity contribution in [2.24, 2.45) is 0 Å². The smallest absolute Gasteiger partial charge is 0.317 e. The predicted molar refractivity (Wildman–Crippen MR) is 98.3 cm³/mol. The van der Waals surface area contributed by atoms with Gasteiger partial charge in [0, 0.05) is 32.7 Å². The number of hydrogen-bond donors (Lipinski definition) is 1. The number of rotatable bonds is 5. The molecule has 2 amide bonds. The molecule has 1 N–H and O–H groups in total. The molecule has 25 heavy (non-hydrogen) atoms. The average Bonchev–Trinajstić information content (AvgIpc) is 2.66. The number of carbonyl (C=O) groups is 1. The fraction of sp³-hybridized carbons (Fsp3) is 0.350. The van der Waals surface area contributed by atoms with Crippen molar-refractivity contribution in [3.8, 4) is 0 Å². The van der Waals surface area contributed by atoms with Crippen molar-refractivity contribution in [1.29, 1.82) is 0 Å². The van der Waals surface area contributed by atoms with Crippen LogP contribution in [0, 0.1) is 5.82 Å². The van der Waals surface area contributed by atoms with Gasteiger partial charge in [0.15, 0.2) is 0 Å². The Labute approximate surface area is 148 Å². The van der Waals surface area contributed by atoms with Crippen molar-refractivity contribution in [3.05, 3.63) is 66.0 Å². The summed E-state index contributed by atoms with van der Waals surface area (Å²) in [6, 6.07) is 17.0. The van der Waals surface area contributed by atoms with E-state index in [4.69, 9.17) is 0 Å². The first kappa shape index (κ1) is 17.3. The van der Waals surface area contributed by atoms with Crippen LogP contribution in [0.15, 0.2) is 54.6 Å². The third-order valence-electron chi connectivity index (χ3n) is 4.52. The molecule has 1 heterocycles. The van der Waals surface area contributed by atoms with Gasteiger partial charge in [-0.3, -0.25) is 0 Å². The molecule has 0 unspecified atom stereocenters. The van der Waals surface area contributed by atoms with E-state index >= 15 is 0 Å². The van der Waals surface area contributed by atoms with Crippen LogP contribution < -0.4 is 10.2 Å². The lowest BCUT2D eigenvalue weighted by Gasteiger charge is -2.36. The highest BCUT2D eigenvalue weighted by Crippen LogP contribution is 2.20. The van der Waals surface area contributed by atoms with Crippen LogP contribution in [0.5, 0.6) is 0 Å². The van der Waals surface area contributed by atoms with Crippen molar-refractivity contribution in [1.82, 2.24) is 10.2 Å². The van der Waals surface area contributed by atoms with Gasteiger partial charge < -0.3 is 15.1 Å². The largest absolute Gasteiger partial charge is 0.366 e. The Bertz CT molecular complexity index is 684. The first-order chi connectivity index (χ1) is 12.2. The zero-order chi connectivity index (χ0) is 17.5. The molecular weight excluding hydrogens is 317 g/mol. The van der Waals surface area contributed by atoms with Gasteiger partial charge in [0.2, 0.25) is 0 Å². The fourth-order valence-corrected chi connectivity index (χ4v) is 3.10. The number of piperazine rings is 1. The molecule has 2 aromatic carbocycles. The summed E-state index contributed by atoms with van der Waals surface area (Å²) in [6.45, 7) is 3.19. The molecule has 0 aromatic heterocycles. The maximum absolute atomic E-state index is 13.8. The summed E-state index contributed by atoms with van der Waals surface area (Å²) in [5, 5.41) is 2.98. The Balaban J connectivity index is 1.39. The molecule has 1 fully saturated rings. The highest BCUT2D eigenvalue weighted by atomic mass is 19.1. The van der Waals surface area contributed by atoms with Crippen molar-refractivity contribution >= 4 is 11.7 Å². The predicted octanol–water partition coefficient (Wildman–Crippen LogP) is 3.29. The van der Waals surface area contributed by atoms with Gasteiger partial charge in [-0.1, -0.05) is 42.5 Å². The minimum Gasteiger partial charge on any atom is -0.366 e. The average molecular weight is 341 g/mol. The number of hydrogen-bond acceptors (Lipinski definition) is 2. The molecule has 1 saturated heterocycles. The van der Waals surface area contributed by atoms with Crippen molar-refractivity contribution in [2.45, 2.75) is 12.8 Å². The van der Waals surface area contributed by atoms with E-state index in [1.165, 1.54) is 11.6 Å². The molecule has 0 aliphatic carbocycles. The minimum absolute atomic E-state index is 0.0266. The zero-order valence-corrected chi connectivity index (χ0v) is 14.3. The summed E-state index contributed by atoms with van der Waals surface area (Å²) >= 11 is 0. The molecule has 0 saturated carbocycles. The number of amides is 2. The van der Waals surface area contributed by atoms with E-state index in [0.29, 0.717) is 38.4 Å². The topological polar surface area (TPSA) is 35.6 Å². The highest BCUT2D eigenvalue weighted by molar-refractivity contribution is 5.74. The van der Waals surface area contributed by atoms with E-state index in [1.54, 1.807) is 17.0 Å². The molecule has 0 spiro atoms. The third kappa shape index (κ3) is 4.72. The standard InChI is InChI=1S/C20H24FN3O/c21-18-10-4-5-11-19(18)23-13-15-24(16-14-23)20(25)22-12-6-9-17-7-2-1-3-8-17/h1-5,7-8,10-11H,6,9,12-16H2,(H,22,25). The van der Waals surface area contributed by atoms with Crippen LogP contribution >= 0.6 is 0 Å². The summed E-state index contributed by atoms with van der Waals surface area (Å²) in [7, 11) is 0. The Morgan fingerprint density at radius 3 is 2.36 bits per heavy atom. The maximum Gasteiger partial charge on any atom is 0.317 e. The van der Waals surface area contributed by atoms with E-state index in [0.717, 1.165) is 12.8 Å². The number of aryl methyl sites for hydroxylation is 1. The van der Waals surface area contributed by atoms with E-state index in [9.17, 15) is 9.18 Å². The fourth-order valence-electron chi connectivity index (χ4n) is 3.10. The Hall–Kier alpha value is -2.56. The van der Waals surface area contributed by atoms with Crippen LogP contribution in [0.4, 0.5) is 14.9 Å². The van der Waals surface area contributed by atoms with Crippen molar-refractivity contribution in [2.75, 3.05) is 37.6 Å². The molecule has 1 aliphatic rings. The monoisotopic (exact) mass is 341 g/mol. The van der Waals surface area contributed by atoms with E-state index < -0.39 is 0 Å². The van der Waals surface area contributed by atoms with E-state index in [1.807, 2.05) is 29.2 Å². The van der Waals surface area contributed by atoms with Crippen molar-refractivity contribution < 1.29 is 9.18 Å². The number of nitrogens with one attached hydrogen (secondary N) is 1. The lowest BCUT2D eigenvalue weighted by Crippen LogP contribution is -2.52. The molecule has 4 nitrogen and oxygen atoms in total. The molecule has 3 rings (SSSR count). The van der Waals surface area contributed by atoms with Gasteiger partial charge in [0.05, 0.1) is 5.69 Å². The first-order valence-corrected chi connectivity index (χ1v) is 8.80. The Kier molecular flexibility index (Phi) is 5.88. The second-order valence-electron chi connectivity index (χ2n) is 6.25. The lowest BCUT2D eigenvalue weighted by atomic mass is 10.1. The Morgan fingerprint density at radius 1 is 0.960 bits per heavy atom. The van der Waals surface area contributed by atoms with Crippen LogP contribution in [0.2, 0.25) is 0 Å². The second kappa shape index (κ2) is 8.51. The minimum atomic E-state index is -0.207. The molecule has 0 atom stereocenters. The summed E-state index contributed by atoms with van der Waals surface area (Å²) in [6.07, 6.45) is 1.88. The van der Waals surface area contributed by atoms with Gasteiger partial charge in [0.25, 0.3) is 0 Å². The van der Waals surface area contributed by atoms with Gasteiger partial charge in [-0.05, 0) is 30.5 Å². The van der Waals surface area contributed by atoms with Crippen LogP contribution in [0.25, 0.3) is 0 Å². The van der Waals surface area contributed by atoms with Gasteiger partial charge in [-0.2, -0.15) is 0 Å². The number of para-hydroxylation sites is 1. The molecule has 0 bridgehead atoms. The van der Waals surface area contributed by atoms with Crippen LogP contribution in [0.1, 0.15) is 12.0 Å². The number of benzene rings is 2. The van der Waals surface area contributed by atoms with E-state index in [2.05, 4.69) is 17.4 Å². The molecule has 2 aromatic rings. The molecule has 5 heteroatoms. The molecule has 0 radical (unpaired) electrons. The Morgan fingerprint density at radius 2 is 1.64 bits per heavy atom. The zero-order valence-electron chi connectivity index (χ0n) is 14.3. The third-order valence-corrected chi connectivity index (χ3v) is 4.52. The van der Waals surface area contributed by atoms with Gasteiger partial charge >= 0.3 is 6.03 Å². The number of carbonyl (C=O) groups excluding carboxylic acids is 1. The van der Waals surface area contributed by atoms with Gasteiger partial charge in [0.1, 0.15) is 5.82 Å². The van der Waals surface area contributed by atoms with E-state index in [-0.39, 0.29) is 11.8 Å². The lowest BCUT2D eigenvalue weighted by molar-refractivity contribution is 0.194. The van der Waals surface area contributed by atoms with Crippen LogP contribution in [0.3, 0.4) is 0 Å². The van der Waals surface area contributed by atoms with Crippen LogP contribution in [-0.2, 0) is 6.42 Å². The van der Waals surface area contributed by atoms with Crippen LogP contribution in [-0.4, -0.2) is 43.7 Å². The number of urea groups is 1. The summed E-state index contributed by atoms with van der Waals surface area (Å²) < 4.78 is 13.8. The van der Waals surface area contributed by atoms with Gasteiger partial charge in [-0.15, -0.1) is 0 Å². The normalized spacial score (nSPS) is 14.4. The number of anilines is 1. The summed E-state index contributed by atoms with van der Waals surface area (Å²) in [5.41, 5.74) is 1.90.